The molecule has 0 aromatic rings. The van der Waals surface area contributed by atoms with Crippen molar-refractivity contribution in [3.63, 3.8) is 0 Å². The fourth-order valence-electron chi connectivity index (χ4n) is 6.81. The molecule has 7 atom stereocenters. The molecule has 3 amide bonds. The number of esters is 1. The summed E-state index contributed by atoms with van der Waals surface area (Å²) in [6.07, 6.45) is 3.95. The molecule has 4 aliphatic rings. The second-order valence-corrected chi connectivity index (χ2v) is 11.7. The molecule has 12 heteroatoms. The maximum atomic E-state index is 14.3. The molecule has 4 saturated heterocycles. The van der Waals surface area contributed by atoms with Crippen molar-refractivity contribution >= 4 is 23.7 Å². The Hall–Kier alpha value is -2.80. The fourth-order valence-corrected chi connectivity index (χ4v) is 6.81. The molecule has 2 bridgehead atoms. The number of aliphatic hydroxyl groups excluding tert-OH is 1. The number of fused-ring (bicyclic) bond motifs is 1. The molecule has 4 aliphatic heterocycles. The number of morpholine rings is 1. The molecule has 0 aliphatic carbocycles. The van der Waals surface area contributed by atoms with Crippen molar-refractivity contribution in [2.24, 2.45) is 11.8 Å². The number of rotatable bonds is 15. The first kappa shape index (κ1) is 32.1. The number of carbonyl (C=O) groups excluding carboxylic acids is 4. The minimum Gasteiger partial charge on any atom is -0.460 e. The average Bonchev–Trinajstić information content (AvgIpc) is 3.64. The lowest BCUT2D eigenvalue weighted by Crippen LogP contribution is -2.59. The lowest BCUT2D eigenvalue weighted by Gasteiger charge is -2.39. The van der Waals surface area contributed by atoms with Crippen LogP contribution in [0.15, 0.2) is 25.3 Å². The van der Waals surface area contributed by atoms with Gasteiger partial charge in [0.1, 0.15) is 17.7 Å². The zero-order valence-corrected chi connectivity index (χ0v) is 24.9. The molecule has 2 N–H and O–H groups in total. The molecule has 12 nitrogen and oxygen atoms in total. The minimum absolute atomic E-state index is 0.137. The van der Waals surface area contributed by atoms with Gasteiger partial charge in [-0.15, -0.1) is 13.2 Å². The van der Waals surface area contributed by atoms with E-state index in [2.05, 4.69) is 23.4 Å². The zero-order valence-electron chi connectivity index (χ0n) is 24.9. The maximum absolute atomic E-state index is 14.3. The van der Waals surface area contributed by atoms with Crippen LogP contribution in [0.3, 0.4) is 0 Å². The van der Waals surface area contributed by atoms with Crippen LogP contribution in [0.1, 0.15) is 39.5 Å². The predicted octanol–water partition coefficient (Wildman–Crippen LogP) is 0.103. The van der Waals surface area contributed by atoms with Crippen molar-refractivity contribution in [1.29, 1.82) is 0 Å². The van der Waals surface area contributed by atoms with Crippen LogP contribution in [-0.2, 0) is 33.4 Å². The van der Waals surface area contributed by atoms with Crippen molar-refractivity contribution in [2.75, 3.05) is 59.1 Å². The van der Waals surface area contributed by atoms with Crippen LogP contribution in [-0.4, -0.2) is 132 Å². The molecule has 0 saturated carbocycles. The normalized spacial score (nSPS) is 30.0. The van der Waals surface area contributed by atoms with Crippen molar-refractivity contribution in [2.45, 2.75) is 69.4 Å². The minimum atomic E-state index is -1.19. The molecule has 234 valence electrons. The molecule has 42 heavy (non-hydrogen) atoms. The monoisotopic (exact) mass is 590 g/mol. The van der Waals surface area contributed by atoms with Gasteiger partial charge in [-0.05, 0) is 33.1 Å². The van der Waals surface area contributed by atoms with Crippen molar-refractivity contribution < 1.29 is 38.5 Å². The summed E-state index contributed by atoms with van der Waals surface area (Å²) in [5, 5.41) is 12.8. The summed E-state index contributed by atoms with van der Waals surface area (Å²) in [4.78, 5) is 59.2. The van der Waals surface area contributed by atoms with E-state index < -0.39 is 47.7 Å². The molecule has 0 radical (unpaired) electrons. The summed E-state index contributed by atoms with van der Waals surface area (Å²) in [6.45, 7) is 14.8. The molecular weight excluding hydrogens is 544 g/mol. The lowest BCUT2D eigenvalue weighted by molar-refractivity contribution is -0.160. The van der Waals surface area contributed by atoms with E-state index in [4.69, 9.17) is 14.2 Å². The Morgan fingerprint density at radius 2 is 1.98 bits per heavy atom. The maximum Gasteiger partial charge on any atom is 0.312 e. The van der Waals surface area contributed by atoms with E-state index in [1.807, 2.05) is 0 Å². The Morgan fingerprint density at radius 1 is 1.24 bits per heavy atom. The summed E-state index contributed by atoms with van der Waals surface area (Å²) in [7, 11) is 0. The third-order valence-corrected chi connectivity index (χ3v) is 8.91. The number of likely N-dealkylation sites (tertiary alicyclic amines) is 1. The van der Waals surface area contributed by atoms with E-state index in [-0.39, 0.29) is 30.9 Å². The van der Waals surface area contributed by atoms with Crippen molar-refractivity contribution in [3.05, 3.63) is 25.3 Å². The third kappa shape index (κ3) is 6.41. The van der Waals surface area contributed by atoms with Gasteiger partial charge in [0.2, 0.25) is 17.7 Å². The first-order chi connectivity index (χ1) is 20.2. The number of nitrogens with zero attached hydrogens (tertiary/aromatic N) is 3. The van der Waals surface area contributed by atoms with Crippen LogP contribution in [0.25, 0.3) is 0 Å². The van der Waals surface area contributed by atoms with Crippen LogP contribution in [0.4, 0.5) is 0 Å². The molecule has 4 heterocycles. The largest absolute Gasteiger partial charge is 0.460 e. The number of amides is 3. The van der Waals surface area contributed by atoms with Gasteiger partial charge in [0, 0.05) is 39.1 Å². The highest BCUT2D eigenvalue weighted by molar-refractivity contribution is 5.98. The number of hydrogen-bond donors (Lipinski definition) is 2. The van der Waals surface area contributed by atoms with E-state index in [9.17, 15) is 24.3 Å². The summed E-state index contributed by atoms with van der Waals surface area (Å²) in [5.74, 6) is -3.17. The van der Waals surface area contributed by atoms with E-state index >= 15 is 0 Å². The second-order valence-electron chi connectivity index (χ2n) is 11.7. The molecule has 0 unspecified atom stereocenters. The Balaban J connectivity index is 1.52. The van der Waals surface area contributed by atoms with E-state index in [0.717, 1.165) is 13.1 Å². The first-order valence-electron chi connectivity index (χ1n) is 15.1. The molecule has 0 aromatic heterocycles. The van der Waals surface area contributed by atoms with Crippen LogP contribution in [0, 0.1) is 11.8 Å². The van der Waals surface area contributed by atoms with Gasteiger partial charge < -0.3 is 34.4 Å². The van der Waals surface area contributed by atoms with E-state index in [1.54, 1.807) is 30.9 Å². The van der Waals surface area contributed by atoms with Crippen LogP contribution in [0.5, 0.6) is 0 Å². The molecule has 1 spiro atoms. The van der Waals surface area contributed by atoms with Crippen molar-refractivity contribution in [3.8, 4) is 0 Å². The SMILES string of the molecule is C=CCCC(=O)NC[C@H](C)OC(=O)[C@@H]1[C@@H]2CC[C@]3(O2)[C@H](C(=O)N(CC=C)CCN2CCOCC2)N([C@H](C)CO)C(=O)[C@@H]13. The van der Waals surface area contributed by atoms with Crippen LogP contribution >= 0.6 is 0 Å². The van der Waals surface area contributed by atoms with Gasteiger partial charge in [0.05, 0.1) is 50.3 Å². The summed E-state index contributed by atoms with van der Waals surface area (Å²) in [5.41, 5.74) is -1.19. The Morgan fingerprint density at radius 3 is 2.64 bits per heavy atom. The van der Waals surface area contributed by atoms with Gasteiger partial charge in [-0.3, -0.25) is 24.1 Å². The highest BCUT2D eigenvalue weighted by Crippen LogP contribution is 2.59. The fraction of sp³-hybridized carbons (Fsp3) is 0.733. The smallest absolute Gasteiger partial charge is 0.312 e. The van der Waals surface area contributed by atoms with E-state index in [1.165, 1.54) is 4.90 Å². The highest BCUT2D eigenvalue weighted by atomic mass is 16.6. The number of ether oxygens (including phenoxy) is 3. The van der Waals surface area contributed by atoms with E-state index in [0.29, 0.717) is 58.5 Å². The number of allylic oxidation sites excluding steroid dienone is 1. The Bertz CT molecular complexity index is 1030. The van der Waals surface area contributed by atoms with Crippen LogP contribution in [0.2, 0.25) is 0 Å². The van der Waals surface area contributed by atoms with Gasteiger partial charge in [-0.2, -0.15) is 0 Å². The molecule has 0 aromatic carbocycles. The Labute approximate surface area is 248 Å². The molecule has 4 fully saturated rings. The topological polar surface area (TPSA) is 138 Å². The number of hydrogen-bond acceptors (Lipinski definition) is 9. The van der Waals surface area contributed by atoms with Crippen LogP contribution < -0.4 is 5.32 Å². The van der Waals surface area contributed by atoms with Crippen molar-refractivity contribution in [1.82, 2.24) is 20.0 Å². The summed E-state index contributed by atoms with van der Waals surface area (Å²) >= 11 is 0. The van der Waals surface area contributed by atoms with Gasteiger partial charge in [0.25, 0.3) is 0 Å². The number of aliphatic hydroxyl groups is 1. The first-order valence-corrected chi connectivity index (χ1v) is 15.1. The quantitative estimate of drug-likeness (QED) is 0.201. The summed E-state index contributed by atoms with van der Waals surface area (Å²) < 4.78 is 17.6. The molecule has 4 rings (SSSR count). The predicted molar refractivity (Wildman–Crippen MR) is 153 cm³/mol. The number of carbonyl (C=O) groups is 4. The number of nitrogens with one attached hydrogen (secondary N) is 1. The highest BCUT2D eigenvalue weighted by Gasteiger charge is 2.75. The van der Waals surface area contributed by atoms with Gasteiger partial charge >= 0.3 is 5.97 Å². The standard InChI is InChI=1S/C30H46N4O8/c1-5-7-8-23(36)31-18-21(4)41-29(39)24-22-9-10-30(42-22)25(24)27(37)34(20(3)19-35)26(30)28(38)33(11-6-2)13-12-32-14-16-40-17-15-32/h5-6,20-22,24-26,35H,1-2,7-19H2,3-4H3,(H,31,36)/t20-,21+,22+,24-,25-,26+,30-/m1/s1. The van der Waals surface area contributed by atoms with Gasteiger partial charge in [-0.25, -0.2) is 0 Å². The average molecular weight is 591 g/mol. The second kappa shape index (κ2) is 14.1. The summed E-state index contributed by atoms with van der Waals surface area (Å²) in [6, 6.07) is -1.63. The third-order valence-electron chi connectivity index (χ3n) is 8.91. The van der Waals surface area contributed by atoms with Gasteiger partial charge in [0.15, 0.2) is 0 Å². The zero-order chi connectivity index (χ0) is 30.4. The Kier molecular flexibility index (Phi) is 10.8. The molecular formula is C30H46N4O8. The lowest BCUT2D eigenvalue weighted by atomic mass is 9.70. The van der Waals surface area contributed by atoms with Gasteiger partial charge in [-0.1, -0.05) is 12.2 Å².